The molecule has 2 atom stereocenters. The zero-order valence-corrected chi connectivity index (χ0v) is 28.6. The Hall–Kier alpha value is -4.14. The molecule has 1 N–H and O–H groups in total. The highest BCUT2D eigenvalue weighted by atomic mass is 35.5. The van der Waals surface area contributed by atoms with Gasteiger partial charge in [0.15, 0.2) is 0 Å². The van der Waals surface area contributed by atoms with E-state index in [0.29, 0.717) is 17.1 Å². The van der Waals surface area contributed by atoms with Gasteiger partial charge in [-0.1, -0.05) is 84.8 Å². The Morgan fingerprint density at radius 1 is 0.804 bits per heavy atom. The molecule has 0 unspecified atom stereocenters. The van der Waals surface area contributed by atoms with Gasteiger partial charge in [-0.25, -0.2) is 8.42 Å². The molecule has 4 aromatic rings. The minimum Gasteiger partial charge on any atom is -0.352 e. The minimum absolute atomic E-state index is 0.0738. The van der Waals surface area contributed by atoms with Gasteiger partial charge in [-0.3, -0.25) is 13.9 Å². The van der Waals surface area contributed by atoms with Crippen LogP contribution in [0.5, 0.6) is 0 Å². The van der Waals surface area contributed by atoms with Crippen LogP contribution in [0.2, 0.25) is 5.02 Å². The molecule has 0 fully saturated rings. The van der Waals surface area contributed by atoms with Crippen LogP contribution in [-0.2, 0) is 32.6 Å². The normalized spacial score (nSPS) is 12.7. The molecule has 0 aliphatic carbocycles. The van der Waals surface area contributed by atoms with E-state index in [-0.39, 0.29) is 29.8 Å². The van der Waals surface area contributed by atoms with E-state index in [4.69, 9.17) is 11.6 Å². The number of carbonyl (C=O) groups excluding carboxylic acids is 2. The average Bonchev–Trinajstić information content (AvgIpc) is 3.02. The number of sulfonamides is 1. The lowest BCUT2D eigenvalue weighted by atomic mass is 10.0. The summed E-state index contributed by atoms with van der Waals surface area (Å²) < 4.78 is 29.7. The maximum Gasteiger partial charge on any atom is 0.264 e. The maximum absolute atomic E-state index is 14.6. The summed E-state index contributed by atoms with van der Waals surface area (Å²) in [5.41, 5.74) is 4.64. The zero-order chi connectivity index (χ0) is 33.4. The standard InChI is InChI=1S/C37H42ClN3O4S/c1-6-29(5)39-37(43)35(23-30-10-8-7-9-11-30)40(24-31-14-16-32(38)17-15-31)36(42)25-41(33-21-27(3)20-28(4)22-33)46(44,45)34-18-12-26(2)13-19-34/h7-22,29,35H,6,23-25H2,1-5H3,(H,39,43)/t29-,35-/m0/s1. The van der Waals surface area contributed by atoms with Gasteiger partial charge >= 0.3 is 0 Å². The summed E-state index contributed by atoms with van der Waals surface area (Å²) in [6.07, 6.45) is 0.959. The van der Waals surface area contributed by atoms with Gasteiger partial charge in [0, 0.05) is 24.0 Å². The van der Waals surface area contributed by atoms with E-state index in [2.05, 4.69) is 5.32 Å². The highest BCUT2D eigenvalue weighted by Gasteiger charge is 2.35. The fraction of sp³-hybridized carbons (Fsp3) is 0.297. The van der Waals surface area contributed by atoms with Crippen molar-refractivity contribution in [2.24, 2.45) is 0 Å². The maximum atomic E-state index is 14.6. The first-order valence-electron chi connectivity index (χ1n) is 15.4. The third-order valence-electron chi connectivity index (χ3n) is 7.92. The van der Waals surface area contributed by atoms with E-state index in [1.54, 1.807) is 60.7 Å². The molecular formula is C37H42ClN3O4S. The highest BCUT2D eigenvalue weighted by Crippen LogP contribution is 2.27. The Labute approximate surface area is 278 Å². The second kappa shape index (κ2) is 15.4. The summed E-state index contributed by atoms with van der Waals surface area (Å²) in [6.45, 7) is 9.12. The smallest absolute Gasteiger partial charge is 0.264 e. The zero-order valence-electron chi connectivity index (χ0n) is 27.0. The molecule has 0 aromatic heterocycles. The van der Waals surface area contributed by atoms with Crippen LogP contribution < -0.4 is 9.62 Å². The Kier molecular flexibility index (Phi) is 11.7. The molecule has 46 heavy (non-hydrogen) atoms. The summed E-state index contributed by atoms with van der Waals surface area (Å²) in [5.74, 6) is -0.815. The predicted molar refractivity (Wildman–Crippen MR) is 185 cm³/mol. The van der Waals surface area contributed by atoms with Crippen LogP contribution >= 0.6 is 11.6 Å². The van der Waals surface area contributed by atoms with Gasteiger partial charge in [0.05, 0.1) is 10.6 Å². The molecule has 0 saturated heterocycles. The van der Waals surface area contributed by atoms with Gasteiger partial charge in [-0.15, -0.1) is 0 Å². The van der Waals surface area contributed by atoms with Crippen molar-refractivity contribution < 1.29 is 18.0 Å². The highest BCUT2D eigenvalue weighted by molar-refractivity contribution is 7.92. The molecule has 0 radical (unpaired) electrons. The lowest BCUT2D eigenvalue weighted by Gasteiger charge is -2.34. The molecule has 9 heteroatoms. The number of nitrogens with one attached hydrogen (secondary N) is 1. The Morgan fingerprint density at radius 2 is 1.41 bits per heavy atom. The first-order valence-corrected chi connectivity index (χ1v) is 17.2. The Bertz CT molecular complexity index is 1720. The lowest BCUT2D eigenvalue weighted by molar-refractivity contribution is -0.140. The van der Waals surface area contributed by atoms with Crippen molar-refractivity contribution >= 4 is 39.1 Å². The first kappa shape index (κ1) is 34.7. The number of amides is 2. The minimum atomic E-state index is -4.17. The SMILES string of the molecule is CC[C@H](C)NC(=O)[C@H](Cc1ccccc1)N(Cc1ccc(Cl)cc1)C(=O)CN(c1cc(C)cc(C)c1)S(=O)(=O)c1ccc(C)cc1. The summed E-state index contributed by atoms with van der Waals surface area (Å²) >= 11 is 6.17. The Morgan fingerprint density at radius 3 is 2.00 bits per heavy atom. The van der Waals surface area contributed by atoms with E-state index in [9.17, 15) is 18.0 Å². The van der Waals surface area contributed by atoms with Crippen LogP contribution in [-0.4, -0.2) is 43.8 Å². The van der Waals surface area contributed by atoms with Crippen molar-refractivity contribution in [3.8, 4) is 0 Å². The molecule has 0 spiro atoms. The quantitative estimate of drug-likeness (QED) is 0.167. The molecule has 4 aromatic carbocycles. The number of benzene rings is 4. The van der Waals surface area contributed by atoms with Gasteiger partial charge in [-0.2, -0.15) is 0 Å². The number of hydrogen-bond donors (Lipinski definition) is 1. The van der Waals surface area contributed by atoms with Gasteiger partial charge < -0.3 is 10.2 Å². The molecule has 0 aliphatic rings. The van der Waals surface area contributed by atoms with Crippen molar-refractivity contribution in [3.05, 3.63) is 130 Å². The van der Waals surface area contributed by atoms with Crippen LogP contribution in [0.25, 0.3) is 0 Å². The lowest BCUT2D eigenvalue weighted by Crippen LogP contribution is -2.54. The molecule has 4 rings (SSSR count). The van der Waals surface area contributed by atoms with Crippen molar-refractivity contribution in [2.45, 2.75) is 71.0 Å². The molecule has 242 valence electrons. The molecule has 2 amide bonds. The molecule has 0 heterocycles. The topological polar surface area (TPSA) is 86.8 Å². The molecule has 0 saturated carbocycles. The summed E-state index contributed by atoms with van der Waals surface area (Å²) in [6, 6.07) is 27.6. The summed E-state index contributed by atoms with van der Waals surface area (Å²) in [5, 5.41) is 3.60. The number of rotatable bonds is 13. The van der Waals surface area contributed by atoms with Gasteiger partial charge in [0.25, 0.3) is 10.0 Å². The van der Waals surface area contributed by atoms with E-state index < -0.39 is 28.5 Å². The van der Waals surface area contributed by atoms with E-state index in [1.807, 2.05) is 71.0 Å². The fourth-order valence-electron chi connectivity index (χ4n) is 5.24. The monoisotopic (exact) mass is 659 g/mol. The summed E-state index contributed by atoms with van der Waals surface area (Å²) in [7, 11) is -4.17. The van der Waals surface area contributed by atoms with Crippen molar-refractivity contribution in [3.63, 3.8) is 0 Å². The van der Waals surface area contributed by atoms with Gasteiger partial charge in [0.2, 0.25) is 11.8 Å². The number of nitrogens with zero attached hydrogens (tertiary/aromatic N) is 2. The number of aryl methyl sites for hydroxylation is 3. The largest absolute Gasteiger partial charge is 0.352 e. The molecule has 0 bridgehead atoms. The fourth-order valence-corrected chi connectivity index (χ4v) is 6.77. The number of carbonyl (C=O) groups is 2. The van der Waals surface area contributed by atoms with Crippen molar-refractivity contribution in [1.29, 1.82) is 0 Å². The van der Waals surface area contributed by atoms with Crippen LogP contribution in [0.15, 0.2) is 102 Å². The van der Waals surface area contributed by atoms with E-state index in [1.165, 1.54) is 4.90 Å². The number of halogens is 1. The van der Waals surface area contributed by atoms with Crippen molar-refractivity contribution in [2.75, 3.05) is 10.8 Å². The molecule has 0 aliphatic heterocycles. The van der Waals surface area contributed by atoms with E-state index >= 15 is 0 Å². The second-order valence-corrected chi connectivity index (χ2v) is 14.1. The van der Waals surface area contributed by atoms with Crippen molar-refractivity contribution in [1.82, 2.24) is 10.2 Å². The predicted octanol–water partition coefficient (Wildman–Crippen LogP) is 7.02. The molecule has 7 nitrogen and oxygen atoms in total. The number of anilines is 1. The third-order valence-corrected chi connectivity index (χ3v) is 9.96. The number of hydrogen-bond acceptors (Lipinski definition) is 4. The van der Waals surface area contributed by atoms with Gasteiger partial charge in [-0.05, 0) is 92.8 Å². The van der Waals surface area contributed by atoms with Gasteiger partial charge in [0.1, 0.15) is 12.6 Å². The molecular weight excluding hydrogens is 618 g/mol. The van der Waals surface area contributed by atoms with E-state index in [0.717, 1.165) is 32.1 Å². The van der Waals surface area contributed by atoms with Crippen LogP contribution in [0.3, 0.4) is 0 Å². The van der Waals surface area contributed by atoms with Crippen LogP contribution in [0.4, 0.5) is 5.69 Å². The third kappa shape index (κ3) is 8.98. The Balaban J connectivity index is 1.83. The average molecular weight is 660 g/mol. The summed E-state index contributed by atoms with van der Waals surface area (Å²) in [4.78, 5) is 30.1. The van der Waals surface area contributed by atoms with Crippen LogP contribution in [0.1, 0.15) is 48.1 Å². The van der Waals surface area contributed by atoms with Crippen LogP contribution in [0, 0.1) is 20.8 Å². The second-order valence-electron chi connectivity index (χ2n) is 11.8. The first-order chi connectivity index (χ1) is 21.9.